The van der Waals surface area contributed by atoms with Crippen molar-refractivity contribution in [3.05, 3.63) is 37.0 Å². The summed E-state index contributed by atoms with van der Waals surface area (Å²) in [5.74, 6) is 0. The van der Waals surface area contributed by atoms with Crippen molar-refractivity contribution < 1.29 is 0 Å². The molecule has 1 unspecified atom stereocenters. The van der Waals surface area contributed by atoms with Crippen LogP contribution >= 0.6 is 0 Å². The largest absolute Gasteiger partial charge is 0.294 e. The maximum Gasteiger partial charge on any atom is 0.0350 e. The SMILES string of the molecule is C=C/C=C(\C=C)C1CCCCN1C(C)C. The lowest BCUT2D eigenvalue weighted by molar-refractivity contribution is 0.135. The zero-order chi connectivity index (χ0) is 11.3. The molecule has 0 spiro atoms. The molecule has 1 rings (SSSR count). The normalized spacial score (nSPS) is 24.2. The first-order valence-corrected chi connectivity index (χ1v) is 5.91. The van der Waals surface area contributed by atoms with Gasteiger partial charge >= 0.3 is 0 Å². The number of hydrogen-bond donors (Lipinski definition) is 0. The van der Waals surface area contributed by atoms with Crippen LogP contribution in [0.1, 0.15) is 33.1 Å². The van der Waals surface area contributed by atoms with Gasteiger partial charge in [0, 0.05) is 12.1 Å². The van der Waals surface area contributed by atoms with Gasteiger partial charge in [0.1, 0.15) is 0 Å². The lowest BCUT2D eigenvalue weighted by Gasteiger charge is -2.39. The van der Waals surface area contributed by atoms with E-state index in [0.29, 0.717) is 12.1 Å². The molecule has 1 saturated heterocycles. The molecule has 15 heavy (non-hydrogen) atoms. The third-order valence-electron chi connectivity index (χ3n) is 3.14. The van der Waals surface area contributed by atoms with Gasteiger partial charge in [-0.25, -0.2) is 0 Å². The van der Waals surface area contributed by atoms with Gasteiger partial charge in [0.25, 0.3) is 0 Å². The summed E-state index contributed by atoms with van der Waals surface area (Å²) in [5, 5.41) is 0. The third kappa shape index (κ3) is 3.07. The van der Waals surface area contributed by atoms with Crippen molar-refractivity contribution in [2.45, 2.75) is 45.2 Å². The van der Waals surface area contributed by atoms with E-state index in [1.54, 1.807) is 0 Å². The van der Waals surface area contributed by atoms with Crippen LogP contribution in [-0.4, -0.2) is 23.5 Å². The van der Waals surface area contributed by atoms with Gasteiger partial charge in [-0.05, 0) is 38.8 Å². The zero-order valence-electron chi connectivity index (χ0n) is 10.1. The Hall–Kier alpha value is -0.820. The predicted molar refractivity (Wildman–Crippen MR) is 68.0 cm³/mol. The quantitative estimate of drug-likeness (QED) is 0.634. The fourth-order valence-electron chi connectivity index (χ4n) is 2.38. The van der Waals surface area contributed by atoms with Crippen molar-refractivity contribution >= 4 is 0 Å². The van der Waals surface area contributed by atoms with E-state index in [9.17, 15) is 0 Å². The molecule has 1 atom stereocenters. The second-order valence-corrected chi connectivity index (χ2v) is 4.45. The minimum absolute atomic E-state index is 0.550. The second kappa shape index (κ2) is 5.92. The molecule has 1 aliphatic rings. The summed E-state index contributed by atoms with van der Waals surface area (Å²) in [6, 6.07) is 1.16. The van der Waals surface area contributed by atoms with Gasteiger partial charge < -0.3 is 0 Å². The lowest BCUT2D eigenvalue weighted by Crippen LogP contribution is -2.44. The van der Waals surface area contributed by atoms with E-state index in [4.69, 9.17) is 0 Å². The van der Waals surface area contributed by atoms with Gasteiger partial charge in [-0.3, -0.25) is 4.90 Å². The molecule has 0 saturated carbocycles. The smallest absolute Gasteiger partial charge is 0.0350 e. The number of piperidine rings is 1. The Labute approximate surface area is 94.2 Å². The lowest BCUT2D eigenvalue weighted by atomic mass is 9.93. The first-order chi connectivity index (χ1) is 7.20. The summed E-state index contributed by atoms with van der Waals surface area (Å²) in [4.78, 5) is 2.57. The molecule has 1 heterocycles. The van der Waals surface area contributed by atoms with Crippen molar-refractivity contribution in [2.75, 3.05) is 6.54 Å². The number of hydrogen-bond acceptors (Lipinski definition) is 1. The molecule has 0 N–H and O–H groups in total. The first kappa shape index (κ1) is 12.3. The van der Waals surface area contributed by atoms with E-state index in [0.717, 1.165) is 0 Å². The minimum atomic E-state index is 0.550. The van der Waals surface area contributed by atoms with Crippen LogP contribution < -0.4 is 0 Å². The standard InChI is InChI=1S/C14H23N/c1-5-9-13(6-2)14-10-7-8-11-15(14)12(3)4/h5-6,9,12,14H,1-2,7-8,10-11H2,3-4H3/b13-9+. The molecule has 0 radical (unpaired) electrons. The average molecular weight is 205 g/mol. The molecule has 1 heteroatoms. The highest BCUT2D eigenvalue weighted by Crippen LogP contribution is 2.25. The van der Waals surface area contributed by atoms with Crippen LogP contribution in [0.2, 0.25) is 0 Å². The number of allylic oxidation sites excluding steroid dienone is 2. The Morgan fingerprint density at radius 1 is 1.33 bits per heavy atom. The Balaban J connectivity index is 2.82. The van der Waals surface area contributed by atoms with E-state index in [-0.39, 0.29) is 0 Å². The van der Waals surface area contributed by atoms with Crippen molar-refractivity contribution in [2.24, 2.45) is 0 Å². The van der Waals surface area contributed by atoms with Crippen LogP contribution in [0, 0.1) is 0 Å². The molecule has 1 fully saturated rings. The summed E-state index contributed by atoms with van der Waals surface area (Å²) in [5.41, 5.74) is 1.32. The summed E-state index contributed by atoms with van der Waals surface area (Å²) in [7, 11) is 0. The van der Waals surface area contributed by atoms with E-state index in [1.165, 1.54) is 31.4 Å². The molecule has 1 nitrogen and oxygen atoms in total. The zero-order valence-corrected chi connectivity index (χ0v) is 10.1. The summed E-state index contributed by atoms with van der Waals surface area (Å²) in [6.07, 6.45) is 9.85. The van der Waals surface area contributed by atoms with Crippen molar-refractivity contribution in [3.63, 3.8) is 0 Å². The van der Waals surface area contributed by atoms with Crippen molar-refractivity contribution in [1.82, 2.24) is 4.90 Å². The number of nitrogens with zero attached hydrogens (tertiary/aromatic N) is 1. The Morgan fingerprint density at radius 3 is 2.60 bits per heavy atom. The highest BCUT2D eigenvalue weighted by atomic mass is 15.2. The maximum absolute atomic E-state index is 3.91. The summed E-state index contributed by atoms with van der Waals surface area (Å²) >= 11 is 0. The van der Waals surface area contributed by atoms with E-state index in [1.807, 2.05) is 12.2 Å². The second-order valence-electron chi connectivity index (χ2n) is 4.45. The van der Waals surface area contributed by atoms with Gasteiger partial charge in [0.05, 0.1) is 0 Å². The van der Waals surface area contributed by atoms with Crippen molar-refractivity contribution in [1.29, 1.82) is 0 Å². The van der Waals surface area contributed by atoms with Crippen LogP contribution in [0.25, 0.3) is 0 Å². The highest BCUT2D eigenvalue weighted by molar-refractivity contribution is 5.27. The Morgan fingerprint density at radius 2 is 2.07 bits per heavy atom. The maximum atomic E-state index is 3.91. The average Bonchev–Trinajstić information content (AvgIpc) is 2.26. The molecule has 0 aromatic heterocycles. The molecule has 1 aliphatic heterocycles. The minimum Gasteiger partial charge on any atom is -0.294 e. The Kier molecular flexibility index (Phi) is 4.83. The van der Waals surface area contributed by atoms with Crippen LogP contribution in [0.4, 0.5) is 0 Å². The van der Waals surface area contributed by atoms with E-state index in [2.05, 4.69) is 38.0 Å². The molecule has 0 amide bonds. The van der Waals surface area contributed by atoms with Crippen LogP contribution in [0.15, 0.2) is 37.0 Å². The van der Waals surface area contributed by atoms with Gasteiger partial charge in [-0.2, -0.15) is 0 Å². The monoisotopic (exact) mass is 205 g/mol. The highest BCUT2D eigenvalue weighted by Gasteiger charge is 2.25. The Bertz CT molecular complexity index is 250. The fourth-order valence-corrected chi connectivity index (χ4v) is 2.38. The third-order valence-corrected chi connectivity index (χ3v) is 3.14. The molecule has 0 aromatic carbocycles. The predicted octanol–water partition coefficient (Wildman–Crippen LogP) is 3.55. The van der Waals surface area contributed by atoms with Crippen molar-refractivity contribution in [3.8, 4) is 0 Å². The molecular weight excluding hydrogens is 182 g/mol. The number of rotatable bonds is 4. The van der Waals surface area contributed by atoms with Crippen LogP contribution in [-0.2, 0) is 0 Å². The van der Waals surface area contributed by atoms with Gasteiger partial charge in [-0.15, -0.1) is 0 Å². The molecule has 0 aromatic rings. The molecular formula is C14H23N. The fraction of sp³-hybridized carbons (Fsp3) is 0.571. The van der Waals surface area contributed by atoms with Crippen LogP contribution in [0.3, 0.4) is 0 Å². The molecule has 0 aliphatic carbocycles. The topological polar surface area (TPSA) is 3.24 Å². The van der Waals surface area contributed by atoms with E-state index < -0.39 is 0 Å². The summed E-state index contributed by atoms with van der Waals surface area (Å²) in [6.45, 7) is 13.4. The first-order valence-electron chi connectivity index (χ1n) is 5.91. The molecule has 0 bridgehead atoms. The number of likely N-dealkylation sites (tertiary alicyclic amines) is 1. The summed E-state index contributed by atoms with van der Waals surface area (Å²) < 4.78 is 0. The van der Waals surface area contributed by atoms with Gasteiger partial charge in [-0.1, -0.05) is 37.8 Å². The molecule has 84 valence electrons. The van der Waals surface area contributed by atoms with Crippen LogP contribution in [0.5, 0.6) is 0 Å². The van der Waals surface area contributed by atoms with E-state index >= 15 is 0 Å². The van der Waals surface area contributed by atoms with Gasteiger partial charge in [0.2, 0.25) is 0 Å². The van der Waals surface area contributed by atoms with Gasteiger partial charge in [0.15, 0.2) is 0 Å².